The summed E-state index contributed by atoms with van der Waals surface area (Å²) in [4.78, 5) is 12.0. The number of ether oxygens (including phenoxy) is 1. The van der Waals surface area contributed by atoms with Crippen LogP contribution < -0.4 is 10.9 Å². The predicted octanol–water partition coefficient (Wildman–Crippen LogP) is 1.08. The van der Waals surface area contributed by atoms with Crippen LogP contribution in [-0.2, 0) is 11.3 Å². The van der Waals surface area contributed by atoms with E-state index in [-0.39, 0.29) is 12.2 Å². The van der Waals surface area contributed by atoms with Crippen molar-refractivity contribution in [1.29, 1.82) is 0 Å². The van der Waals surface area contributed by atoms with Crippen molar-refractivity contribution in [2.24, 2.45) is 5.92 Å². The average molecular weight is 334 g/mol. The molecule has 0 spiro atoms. The highest BCUT2D eigenvalue weighted by atomic mass is 79.9. The maximum atomic E-state index is 12.0. The van der Waals surface area contributed by atoms with Gasteiger partial charge in [-0.25, -0.2) is 4.68 Å². The highest BCUT2D eigenvalue weighted by molar-refractivity contribution is 9.10. The van der Waals surface area contributed by atoms with Crippen molar-refractivity contribution >= 4 is 21.6 Å². The highest BCUT2D eigenvalue weighted by Gasteiger charge is 2.11. The fourth-order valence-electron chi connectivity index (χ4n) is 1.54. The number of aromatic nitrogens is 2. The normalized spacial score (nSPS) is 12.7. The number of hydrogen-bond donors (Lipinski definition) is 2. The van der Waals surface area contributed by atoms with Gasteiger partial charge in [-0.1, -0.05) is 13.8 Å². The van der Waals surface area contributed by atoms with Crippen molar-refractivity contribution < 1.29 is 9.84 Å². The van der Waals surface area contributed by atoms with E-state index in [1.807, 2.05) is 13.8 Å². The van der Waals surface area contributed by atoms with Crippen LogP contribution in [0.4, 0.5) is 5.69 Å². The van der Waals surface area contributed by atoms with Gasteiger partial charge in [-0.2, -0.15) is 5.10 Å². The van der Waals surface area contributed by atoms with Crippen LogP contribution >= 0.6 is 15.9 Å². The Morgan fingerprint density at radius 1 is 1.58 bits per heavy atom. The molecule has 0 aromatic carbocycles. The zero-order valence-electron chi connectivity index (χ0n) is 11.4. The Bertz CT molecular complexity index is 462. The van der Waals surface area contributed by atoms with E-state index in [2.05, 4.69) is 26.3 Å². The van der Waals surface area contributed by atoms with Gasteiger partial charge in [0, 0.05) is 20.2 Å². The second-order valence-electron chi connectivity index (χ2n) is 4.74. The van der Waals surface area contributed by atoms with Gasteiger partial charge in [0.15, 0.2) is 0 Å². The Morgan fingerprint density at radius 2 is 2.26 bits per heavy atom. The predicted molar refractivity (Wildman–Crippen MR) is 77.4 cm³/mol. The lowest BCUT2D eigenvalue weighted by molar-refractivity contribution is 0.0727. The van der Waals surface area contributed by atoms with Gasteiger partial charge in [-0.3, -0.25) is 4.79 Å². The van der Waals surface area contributed by atoms with E-state index in [9.17, 15) is 9.90 Å². The van der Waals surface area contributed by atoms with Crippen molar-refractivity contribution in [3.05, 3.63) is 21.0 Å². The minimum atomic E-state index is -0.630. The third-order valence-corrected chi connectivity index (χ3v) is 3.18. The number of nitrogens with zero attached hydrogens (tertiary/aromatic N) is 2. The van der Waals surface area contributed by atoms with Crippen LogP contribution in [0.2, 0.25) is 0 Å². The summed E-state index contributed by atoms with van der Waals surface area (Å²) in [5, 5.41) is 16.6. The number of aliphatic hydroxyl groups excluding tert-OH is 1. The standard InChI is InChI=1S/C12H20BrN3O3/c1-8(2)6-16-12(18)11(13)10(5-15-16)14-4-9(17)7-19-3/h5,8-9,14,17H,4,6-7H2,1-3H3. The zero-order valence-corrected chi connectivity index (χ0v) is 13.0. The van der Waals surface area contributed by atoms with Crippen LogP contribution in [0.15, 0.2) is 15.5 Å². The van der Waals surface area contributed by atoms with E-state index in [0.717, 1.165) is 0 Å². The quantitative estimate of drug-likeness (QED) is 0.780. The van der Waals surface area contributed by atoms with Gasteiger partial charge in [0.2, 0.25) is 0 Å². The molecule has 1 aromatic heterocycles. The summed E-state index contributed by atoms with van der Waals surface area (Å²) in [6, 6.07) is 0. The van der Waals surface area contributed by atoms with Gasteiger partial charge in [-0.05, 0) is 21.8 Å². The van der Waals surface area contributed by atoms with Crippen LogP contribution in [0, 0.1) is 5.92 Å². The molecule has 0 fully saturated rings. The number of aliphatic hydroxyl groups is 1. The van der Waals surface area contributed by atoms with E-state index in [0.29, 0.717) is 29.2 Å². The summed E-state index contributed by atoms with van der Waals surface area (Å²) in [6.45, 7) is 5.15. The summed E-state index contributed by atoms with van der Waals surface area (Å²) in [5.41, 5.74) is 0.389. The summed E-state index contributed by atoms with van der Waals surface area (Å²) in [7, 11) is 1.52. The Hall–Kier alpha value is -0.920. The molecule has 0 aliphatic heterocycles. The first-order valence-electron chi connectivity index (χ1n) is 6.12. The number of rotatable bonds is 7. The van der Waals surface area contributed by atoms with E-state index >= 15 is 0 Å². The van der Waals surface area contributed by atoms with E-state index in [1.165, 1.54) is 11.8 Å². The summed E-state index contributed by atoms with van der Waals surface area (Å²) < 4.78 is 6.67. The molecule has 0 aliphatic carbocycles. The maximum Gasteiger partial charge on any atom is 0.283 e. The van der Waals surface area contributed by atoms with Gasteiger partial charge in [0.1, 0.15) is 4.47 Å². The molecular formula is C12H20BrN3O3. The van der Waals surface area contributed by atoms with Crippen molar-refractivity contribution in [2.45, 2.75) is 26.5 Å². The first-order chi connectivity index (χ1) is 8.95. The number of nitrogens with one attached hydrogen (secondary N) is 1. The van der Waals surface area contributed by atoms with Crippen LogP contribution in [0.25, 0.3) is 0 Å². The molecule has 1 atom stereocenters. The first kappa shape index (κ1) is 16.1. The largest absolute Gasteiger partial charge is 0.389 e. The van der Waals surface area contributed by atoms with Gasteiger partial charge in [0.05, 0.1) is 24.6 Å². The molecule has 1 rings (SSSR count). The van der Waals surface area contributed by atoms with Gasteiger partial charge in [-0.15, -0.1) is 0 Å². The minimum Gasteiger partial charge on any atom is -0.389 e. The molecule has 0 saturated heterocycles. The molecule has 19 heavy (non-hydrogen) atoms. The smallest absolute Gasteiger partial charge is 0.283 e. The summed E-state index contributed by atoms with van der Waals surface area (Å²) >= 11 is 3.26. The third kappa shape index (κ3) is 4.93. The van der Waals surface area contributed by atoms with Crippen molar-refractivity contribution in [3.63, 3.8) is 0 Å². The van der Waals surface area contributed by atoms with Gasteiger partial charge >= 0.3 is 0 Å². The average Bonchev–Trinajstić information content (AvgIpc) is 2.34. The van der Waals surface area contributed by atoms with E-state index in [1.54, 1.807) is 6.20 Å². The van der Waals surface area contributed by atoms with Crippen LogP contribution in [0.5, 0.6) is 0 Å². The molecule has 1 unspecified atom stereocenters. The highest BCUT2D eigenvalue weighted by Crippen LogP contribution is 2.16. The fraction of sp³-hybridized carbons (Fsp3) is 0.667. The lowest BCUT2D eigenvalue weighted by atomic mass is 10.2. The van der Waals surface area contributed by atoms with Crippen LogP contribution in [-0.4, -0.2) is 41.3 Å². The monoisotopic (exact) mass is 333 g/mol. The molecule has 0 saturated carbocycles. The molecule has 0 amide bonds. The molecule has 0 radical (unpaired) electrons. The van der Waals surface area contributed by atoms with Gasteiger partial charge < -0.3 is 15.2 Å². The fourth-order valence-corrected chi connectivity index (χ4v) is 1.99. The second-order valence-corrected chi connectivity index (χ2v) is 5.54. The molecule has 0 bridgehead atoms. The lowest BCUT2D eigenvalue weighted by Crippen LogP contribution is -2.28. The molecule has 2 N–H and O–H groups in total. The number of halogens is 1. The summed E-state index contributed by atoms with van der Waals surface area (Å²) in [5.74, 6) is 0.347. The number of methoxy groups -OCH3 is 1. The van der Waals surface area contributed by atoms with E-state index < -0.39 is 6.10 Å². The Labute approximate surface area is 120 Å². The minimum absolute atomic E-state index is 0.181. The van der Waals surface area contributed by atoms with Crippen molar-refractivity contribution in [3.8, 4) is 0 Å². The number of hydrogen-bond acceptors (Lipinski definition) is 5. The van der Waals surface area contributed by atoms with Crippen molar-refractivity contribution in [2.75, 3.05) is 25.6 Å². The SMILES string of the molecule is COCC(O)CNc1cnn(CC(C)C)c(=O)c1Br. The Balaban J connectivity index is 2.76. The molecule has 1 aromatic rings. The molecule has 108 valence electrons. The van der Waals surface area contributed by atoms with Crippen LogP contribution in [0.3, 0.4) is 0 Å². The Kier molecular flexibility index (Phi) is 6.47. The third-order valence-electron chi connectivity index (χ3n) is 2.41. The molecule has 7 heteroatoms. The maximum absolute atomic E-state index is 12.0. The molecule has 0 aliphatic rings. The first-order valence-corrected chi connectivity index (χ1v) is 6.91. The zero-order chi connectivity index (χ0) is 14.4. The Morgan fingerprint density at radius 3 is 2.84 bits per heavy atom. The lowest BCUT2D eigenvalue weighted by Gasteiger charge is -2.14. The van der Waals surface area contributed by atoms with Crippen LogP contribution in [0.1, 0.15) is 13.8 Å². The van der Waals surface area contributed by atoms with Crippen molar-refractivity contribution in [1.82, 2.24) is 9.78 Å². The molecule has 1 heterocycles. The molecular weight excluding hydrogens is 314 g/mol. The second kappa shape index (κ2) is 7.62. The molecule has 6 nitrogen and oxygen atoms in total. The number of anilines is 1. The van der Waals surface area contributed by atoms with Gasteiger partial charge in [0.25, 0.3) is 5.56 Å². The topological polar surface area (TPSA) is 76.4 Å². The summed E-state index contributed by atoms with van der Waals surface area (Å²) in [6.07, 6.45) is 0.947. The van der Waals surface area contributed by atoms with E-state index in [4.69, 9.17) is 4.74 Å².